The summed E-state index contributed by atoms with van der Waals surface area (Å²) in [6.07, 6.45) is 0. The number of benzene rings is 3. The minimum Gasteiger partial charge on any atom is -0.497 e. The van der Waals surface area contributed by atoms with Crippen molar-refractivity contribution in [3.8, 4) is 17.2 Å². The maximum atomic E-state index is 13.4. The summed E-state index contributed by atoms with van der Waals surface area (Å²) < 4.78 is 12.4. The molecule has 0 saturated carbocycles. The Balaban J connectivity index is 1.66. The highest BCUT2D eigenvalue weighted by Crippen LogP contribution is 2.26. The van der Waals surface area contributed by atoms with Gasteiger partial charge < -0.3 is 14.8 Å². The van der Waals surface area contributed by atoms with Crippen molar-refractivity contribution in [2.24, 2.45) is 0 Å². The zero-order valence-corrected chi connectivity index (χ0v) is 19.1. The molecule has 0 atom stereocenters. The molecule has 168 valence electrons. The summed E-state index contributed by atoms with van der Waals surface area (Å²) in [5.74, 6) is 1.06. The van der Waals surface area contributed by atoms with E-state index in [1.807, 2.05) is 37.3 Å². The Morgan fingerprint density at radius 3 is 2.67 bits per heavy atom. The van der Waals surface area contributed by atoms with Gasteiger partial charge in [0.25, 0.3) is 5.56 Å². The van der Waals surface area contributed by atoms with E-state index in [9.17, 15) is 9.59 Å². The predicted molar refractivity (Wildman–Crippen MR) is 131 cm³/mol. The highest BCUT2D eigenvalue weighted by molar-refractivity contribution is 7.99. The Labute approximate surface area is 195 Å². The van der Waals surface area contributed by atoms with Crippen molar-refractivity contribution in [1.29, 1.82) is 0 Å². The van der Waals surface area contributed by atoms with Gasteiger partial charge in [-0.1, -0.05) is 42.1 Å². The summed E-state index contributed by atoms with van der Waals surface area (Å²) in [6, 6.07) is 21.6. The lowest BCUT2D eigenvalue weighted by molar-refractivity contribution is -0.113. The first-order valence-corrected chi connectivity index (χ1v) is 11.4. The van der Waals surface area contributed by atoms with E-state index in [4.69, 9.17) is 9.47 Å². The van der Waals surface area contributed by atoms with Crippen molar-refractivity contribution in [3.63, 3.8) is 0 Å². The molecule has 1 N–H and O–H groups in total. The van der Waals surface area contributed by atoms with E-state index >= 15 is 0 Å². The first kappa shape index (κ1) is 22.4. The zero-order valence-electron chi connectivity index (χ0n) is 18.3. The molecule has 0 fully saturated rings. The molecule has 33 heavy (non-hydrogen) atoms. The largest absolute Gasteiger partial charge is 0.497 e. The number of carbonyl (C=O) groups is 1. The number of ether oxygens (including phenoxy) is 2. The number of methoxy groups -OCH3 is 1. The molecular formula is C25H23N3O4S. The average Bonchev–Trinajstić information content (AvgIpc) is 2.84. The van der Waals surface area contributed by atoms with Crippen LogP contribution in [0, 0.1) is 0 Å². The molecule has 4 rings (SSSR count). The summed E-state index contributed by atoms with van der Waals surface area (Å²) in [6.45, 7) is 2.38. The molecule has 1 heterocycles. The second-order valence-corrected chi connectivity index (χ2v) is 7.96. The molecule has 0 radical (unpaired) electrons. The van der Waals surface area contributed by atoms with Gasteiger partial charge in [0, 0.05) is 6.07 Å². The minimum atomic E-state index is -0.230. The number of nitrogens with one attached hydrogen (secondary N) is 1. The van der Waals surface area contributed by atoms with Gasteiger partial charge in [-0.3, -0.25) is 14.2 Å². The SMILES string of the molecule is CCOc1ccccc1NC(=O)CSc1nc2ccccc2c(=O)n1-c1cccc(OC)c1. The summed E-state index contributed by atoms with van der Waals surface area (Å²) >= 11 is 1.19. The number of hydrogen-bond acceptors (Lipinski definition) is 6. The van der Waals surface area contributed by atoms with Crippen LogP contribution < -0.4 is 20.3 Å². The van der Waals surface area contributed by atoms with Crippen LogP contribution in [0.25, 0.3) is 16.6 Å². The second kappa shape index (κ2) is 10.2. The minimum absolute atomic E-state index is 0.0647. The van der Waals surface area contributed by atoms with Gasteiger partial charge in [-0.2, -0.15) is 0 Å². The number of carbonyl (C=O) groups excluding carboxylic acids is 1. The number of rotatable bonds is 8. The lowest BCUT2D eigenvalue weighted by Gasteiger charge is -2.14. The molecule has 0 saturated heterocycles. The molecule has 8 heteroatoms. The maximum absolute atomic E-state index is 13.4. The van der Waals surface area contributed by atoms with Gasteiger partial charge in [0.05, 0.1) is 41.7 Å². The number of amides is 1. The zero-order chi connectivity index (χ0) is 23.2. The molecule has 0 aliphatic carbocycles. The number of hydrogen-bond donors (Lipinski definition) is 1. The highest BCUT2D eigenvalue weighted by atomic mass is 32.2. The van der Waals surface area contributed by atoms with E-state index in [-0.39, 0.29) is 17.2 Å². The third-order valence-corrected chi connectivity index (χ3v) is 5.79. The van der Waals surface area contributed by atoms with Crippen LogP contribution in [0.15, 0.2) is 82.7 Å². The Morgan fingerprint density at radius 1 is 1.06 bits per heavy atom. The van der Waals surface area contributed by atoms with Crippen LogP contribution in [0.5, 0.6) is 11.5 Å². The normalized spacial score (nSPS) is 10.7. The molecule has 0 unspecified atom stereocenters. The molecule has 3 aromatic carbocycles. The van der Waals surface area contributed by atoms with Crippen molar-refractivity contribution in [2.75, 3.05) is 24.8 Å². The van der Waals surface area contributed by atoms with Crippen molar-refractivity contribution in [1.82, 2.24) is 9.55 Å². The fourth-order valence-electron chi connectivity index (χ4n) is 3.35. The average molecular weight is 462 g/mol. The lowest BCUT2D eigenvalue weighted by Crippen LogP contribution is -2.23. The smallest absolute Gasteiger partial charge is 0.266 e. The van der Waals surface area contributed by atoms with Gasteiger partial charge >= 0.3 is 0 Å². The molecule has 4 aromatic rings. The first-order valence-electron chi connectivity index (χ1n) is 10.4. The van der Waals surface area contributed by atoms with Gasteiger partial charge in [-0.25, -0.2) is 4.98 Å². The maximum Gasteiger partial charge on any atom is 0.266 e. The van der Waals surface area contributed by atoms with E-state index in [2.05, 4.69) is 10.3 Å². The Morgan fingerprint density at radius 2 is 1.85 bits per heavy atom. The summed E-state index contributed by atoms with van der Waals surface area (Å²) in [4.78, 5) is 30.7. The van der Waals surface area contributed by atoms with Crippen LogP contribution >= 0.6 is 11.8 Å². The van der Waals surface area contributed by atoms with Gasteiger partial charge in [0.1, 0.15) is 11.5 Å². The predicted octanol–water partition coefficient (Wildman–Crippen LogP) is 4.52. The van der Waals surface area contributed by atoms with Gasteiger partial charge in [-0.05, 0) is 43.3 Å². The molecule has 0 aliphatic heterocycles. The standard InChI is InChI=1S/C25H23N3O4S/c1-3-32-22-14-7-6-13-21(22)26-23(29)16-33-25-27-20-12-5-4-11-19(20)24(30)28(25)17-9-8-10-18(15-17)31-2/h4-15H,3,16H2,1-2H3,(H,26,29). The molecule has 0 bridgehead atoms. The van der Waals surface area contributed by atoms with Crippen molar-refractivity contribution in [3.05, 3.63) is 83.2 Å². The number of nitrogens with zero attached hydrogens (tertiary/aromatic N) is 2. The fraction of sp³-hybridized carbons (Fsp3) is 0.160. The summed E-state index contributed by atoms with van der Waals surface area (Å²) in [5.41, 5.74) is 1.58. The van der Waals surface area contributed by atoms with Crippen molar-refractivity contribution < 1.29 is 14.3 Å². The number of thioether (sulfide) groups is 1. The highest BCUT2D eigenvalue weighted by Gasteiger charge is 2.16. The van der Waals surface area contributed by atoms with Crippen LogP contribution in [-0.2, 0) is 4.79 Å². The number of fused-ring (bicyclic) bond motifs is 1. The lowest BCUT2D eigenvalue weighted by atomic mass is 10.2. The summed E-state index contributed by atoms with van der Waals surface area (Å²) in [5, 5.41) is 3.79. The molecule has 1 aromatic heterocycles. The second-order valence-electron chi connectivity index (χ2n) is 7.02. The topological polar surface area (TPSA) is 82.5 Å². The molecule has 1 amide bonds. The van der Waals surface area contributed by atoms with Gasteiger partial charge in [0.2, 0.25) is 5.91 Å². The summed E-state index contributed by atoms with van der Waals surface area (Å²) in [7, 11) is 1.57. The molecular weight excluding hydrogens is 438 g/mol. The number of para-hydroxylation sites is 3. The molecule has 0 spiro atoms. The number of anilines is 1. The van der Waals surface area contributed by atoms with Gasteiger partial charge in [-0.15, -0.1) is 0 Å². The third kappa shape index (κ3) is 5.01. The fourth-order valence-corrected chi connectivity index (χ4v) is 4.17. The molecule has 7 nitrogen and oxygen atoms in total. The Kier molecular flexibility index (Phi) is 6.95. The van der Waals surface area contributed by atoms with E-state index in [0.29, 0.717) is 45.5 Å². The van der Waals surface area contributed by atoms with Crippen LogP contribution in [0.2, 0.25) is 0 Å². The number of aromatic nitrogens is 2. The van der Waals surface area contributed by atoms with E-state index in [1.54, 1.807) is 49.6 Å². The first-order chi connectivity index (χ1) is 16.1. The quantitative estimate of drug-likeness (QED) is 0.307. The van der Waals surface area contributed by atoms with E-state index in [1.165, 1.54) is 16.3 Å². The van der Waals surface area contributed by atoms with E-state index < -0.39 is 0 Å². The van der Waals surface area contributed by atoms with Gasteiger partial charge in [0.15, 0.2) is 5.16 Å². The van der Waals surface area contributed by atoms with Crippen LogP contribution in [0.1, 0.15) is 6.92 Å². The molecule has 0 aliphatic rings. The van der Waals surface area contributed by atoms with Crippen LogP contribution in [0.3, 0.4) is 0 Å². The van der Waals surface area contributed by atoms with E-state index in [0.717, 1.165) is 0 Å². The van der Waals surface area contributed by atoms with Crippen LogP contribution in [-0.4, -0.2) is 34.9 Å². The monoisotopic (exact) mass is 461 g/mol. The van der Waals surface area contributed by atoms with Crippen LogP contribution in [0.4, 0.5) is 5.69 Å². The van der Waals surface area contributed by atoms with Crippen molar-refractivity contribution in [2.45, 2.75) is 12.1 Å². The third-order valence-electron chi connectivity index (χ3n) is 4.85. The Bertz CT molecular complexity index is 1350. The van der Waals surface area contributed by atoms with Crippen molar-refractivity contribution >= 4 is 34.3 Å². The Hall–Kier alpha value is -3.78.